The molecule has 0 aromatic carbocycles. The number of alkyl halides is 2. The van der Waals surface area contributed by atoms with Crippen molar-refractivity contribution in [2.75, 3.05) is 33.7 Å². The molecular weight excluding hydrogens is 182 g/mol. The van der Waals surface area contributed by atoms with Crippen molar-refractivity contribution in [1.82, 2.24) is 10.2 Å². The Bertz CT molecular complexity index is 176. The molecule has 0 aliphatic heterocycles. The van der Waals surface area contributed by atoms with Crippen molar-refractivity contribution in [2.24, 2.45) is 0 Å². The zero-order chi connectivity index (χ0) is 10.5. The molecule has 0 bridgehead atoms. The highest BCUT2D eigenvalue weighted by Crippen LogP contribution is 2.14. The fourth-order valence-corrected chi connectivity index (χ4v) is 0.788. The van der Waals surface area contributed by atoms with Crippen molar-refractivity contribution in [3.63, 3.8) is 0 Å². The number of likely N-dealkylation sites (N-methyl/N-ethyl adjacent to an activating group) is 2. The standard InChI is InChI=1S/C7H14F2N2O2/c1-10-3-4-11(2)5-7(8,9)6(12)13/h10H,3-5H2,1-2H3,(H,12,13). The van der Waals surface area contributed by atoms with Gasteiger partial charge in [0.25, 0.3) is 0 Å². The highest BCUT2D eigenvalue weighted by molar-refractivity contribution is 5.75. The molecule has 0 heterocycles. The predicted octanol–water partition coefficient (Wildman–Crippen LogP) is -0.142. The Kier molecular flexibility index (Phi) is 4.79. The van der Waals surface area contributed by atoms with Crippen LogP contribution in [0.4, 0.5) is 8.78 Å². The number of aliphatic carboxylic acids is 1. The third-order valence-electron chi connectivity index (χ3n) is 1.52. The van der Waals surface area contributed by atoms with E-state index in [0.717, 1.165) is 0 Å². The smallest absolute Gasteiger partial charge is 0.375 e. The van der Waals surface area contributed by atoms with Crippen LogP contribution in [-0.4, -0.2) is 55.6 Å². The molecule has 0 radical (unpaired) electrons. The summed E-state index contributed by atoms with van der Waals surface area (Å²) in [5.41, 5.74) is 0. The van der Waals surface area contributed by atoms with E-state index in [-0.39, 0.29) is 0 Å². The molecule has 0 rings (SSSR count). The molecule has 0 aromatic heterocycles. The van der Waals surface area contributed by atoms with Gasteiger partial charge in [0.15, 0.2) is 0 Å². The number of nitrogens with zero attached hydrogens (tertiary/aromatic N) is 1. The molecule has 0 aliphatic carbocycles. The van der Waals surface area contributed by atoms with Gasteiger partial charge in [0.1, 0.15) is 0 Å². The van der Waals surface area contributed by atoms with Crippen LogP contribution in [0.3, 0.4) is 0 Å². The fourth-order valence-electron chi connectivity index (χ4n) is 0.788. The fraction of sp³-hybridized carbons (Fsp3) is 0.857. The summed E-state index contributed by atoms with van der Waals surface area (Å²) in [6.07, 6.45) is 0. The van der Waals surface area contributed by atoms with Gasteiger partial charge in [-0.2, -0.15) is 8.78 Å². The van der Waals surface area contributed by atoms with Gasteiger partial charge < -0.3 is 10.4 Å². The van der Waals surface area contributed by atoms with E-state index in [1.54, 1.807) is 7.05 Å². The first-order chi connectivity index (χ1) is 5.90. The third-order valence-corrected chi connectivity index (χ3v) is 1.52. The van der Waals surface area contributed by atoms with Crippen LogP contribution in [0.5, 0.6) is 0 Å². The highest BCUT2D eigenvalue weighted by Gasteiger charge is 2.39. The molecule has 2 N–H and O–H groups in total. The van der Waals surface area contributed by atoms with Crippen LogP contribution in [0.1, 0.15) is 0 Å². The first-order valence-electron chi connectivity index (χ1n) is 3.84. The molecule has 0 aliphatic rings. The van der Waals surface area contributed by atoms with Crippen LogP contribution in [0.15, 0.2) is 0 Å². The average molecular weight is 196 g/mol. The zero-order valence-electron chi connectivity index (χ0n) is 7.68. The second-order valence-corrected chi connectivity index (χ2v) is 2.85. The summed E-state index contributed by atoms with van der Waals surface area (Å²) in [6, 6.07) is 0. The maximum absolute atomic E-state index is 12.6. The first-order valence-corrected chi connectivity index (χ1v) is 3.84. The minimum absolute atomic E-state index is 0.388. The van der Waals surface area contributed by atoms with Gasteiger partial charge in [-0.05, 0) is 14.1 Å². The lowest BCUT2D eigenvalue weighted by Gasteiger charge is -2.20. The van der Waals surface area contributed by atoms with Gasteiger partial charge in [-0.3, -0.25) is 4.90 Å². The van der Waals surface area contributed by atoms with E-state index in [0.29, 0.717) is 13.1 Å². The Hall–Kier alpha value is -0.750. The second-order valence-electron chi connectivity index (χ2n) is 2.85. The molecule has 0 saturated heterocycles. The third kappa shape index (κ3) is 4.74. The van der Waals surface area contributed by atoms with Crippen molar-refractivity contribution in [2.45, 2.75) is 5.92 Å². The lowest BCUT2D eigenvalue weighted by molar-refractivity contribution is -0.166. The van der Waals surface area contributed by atoms with Gasteiger partial charge in [0.2, 0.25) is 0 Å². The highest BCUT2D eigenvalue weighted by atomic mass is 19.3. The molecule has 0 amide bonds. The van der Waals surface area contributed by atoms with Crippen molar-refractivity contribution in [3.05, 3.63) is 0 Å². The summed E-state index contributed by atoms with van der Waals surface area (Å²) in [5, 5.41) is 10.9. The normalized spacial score (nSPS) is 12.1. The maximum Gasteiger partial charge on any atom is 0.375 e. The van der Waals surface area contributed by atoms with Gasteiger partial charge in [-0.15, -0.1) is 0 Å². The summed E-state index contributed by atoms with van der Waals surface area (Å²) >= 11 is 0. The van der Waals surface area contributed by atoms with Gasteiger partial charge in [-0.25, -0.2) is 4.79 Å². The Balaban J connectivity index is 3.89. The minimum Gasteiger partial charge on any atom is -0.477 e. The van der Waals surface area contributed by atoms with Crippen LogP contribution in [0.2, 0.25) is 0 Å². The Morgan fingerprint density at radius 1 is 1.62 bits per heavy atom. The van der Waals surface area contributed by atoms with E-state index < -0.39 is 18.4 Å². The summed E-state index contributed by atoms with van der Waals surface area (Å²) in [4.78, 5) is 11.3. The largest absolute Gasteiger partial charge is 0.477 e. The van der Waals surface area contributed by atoms with E-state index in [1.807, 2.05) is 0 Å². The van der Waals surface area contributed by atoms with Gasteiger partial charge in [-0.1, -0.05) is 0 Å². The average Bonchev–Trinajstić information content (AvgIpc) is 1.99. The molecule has 13 heavy (non-hydrogen) atoms. The maximum atomic E-state index is 12.6. The molecule has 0 saturated carbocycles. The van der Waals surface area contributed by atoms with Gasteiger partial charge in [0.05, 0.1) is 6.54 Å². The monoisotopic (exact) mass is 196 g/mol. The lowest BCUT2D eigenvalue weighted by atomic mass is 10.3. The molecule has 0 fully saturated rings. The molecule has 0 aromatic rings. The van der Waals surface area contributed by atoms with Crippen molar-refractivity contribution < 1.29 is 18.7 Å². The Labute approximate surface area is 75.5 Å². The van der Waals surface area contributed by atoms with Crippen molar-refractivity contribution >= 4 is 5.97 Å². The number of nitrogens with one attached hydrogen (secondary N) is 1. The number of rotatable bonds is 6. The van der Waals surface area contributed by atoms with E-state index in [4.69, 9.17) is 5.11 Å². The summed E-state index contributed by atoms with van der Waals surface area (Å²) in [7, 11) is 3.15. The summed E-state index contributed by atoms with van der Waals surface area (Å²) in [5.74, 6) is -5.74. The quantitative estimate of drug-likeness (QED) is 0.620. The Morgan fingerprint density at radius 3 is 2.54 bits per heavy atom. The van der Waals surface area contributed by atoms with Gasteiger partial charge in [0, 0.05) is 13.1 Å². The second kappa shape index (κ2) is 5.08. The SMILES string of the molecule is CNCCN(C)CC(F)(F)C(=O)O. The van der Waals surface area contributed by atoms with Crippen LogP contribution in [0, 0.1) is 0 Å². The lowest BCUT2D eigenvalue weighted by Crippen LogP contribution is -2.42. The molecule has 0 unspecified atom stereocenters. The van der Waals surface area contributed by atoms with Crippen molar-refractivity contribution in [1.29, 1.82) is 0 Å². The minimum atomic E-state index is -3.66. The van der Waals surface area contributed by atoms with Crippen molar-refractivity contribution in [3.8, 4) is 0 Å². The van der Waals surface area contributed by atoms with E-state index in [1.165, 1.54) is 11.9 Å². The molecule has 0 spiro atoms. The zero-order valence-corrected chi connectivity index (χ0v) is 7.68. The molecule has 4 nitrogen and oxygen atoms in total. The van der Waals surface area contributed by atoms with Crippen LogP contribution < -0.4 is 5.32 Å². The number of hydrogen-bond donors (Lipinski definition) is 2. The summed E-state index contributed by atoms with van der Waals surface area (Å²) < 4.78 is 25.1. The number of halogens is 2. The topological polar surface area (TPSA) is 52.6 Å². The number of carboxylic acid groups (broad SMARTS) is 1. The first kappa shape index (κ1) is 12.2. The van der Waals surface area contributed by atoms with Gasteiger partial charge >= 0.3 is 11.9 Å². The Morgan fingerprint density at radius 2 is 2.15 bits per heavy atom. The van der Waals surface area contributed by atoms with E-state index >= 15 is 0 Å². The predicted molar refractivity (Wildman–Crippen MR) is 44.0 cm³/mol. The molecule has 6 heteroatoms. The number of carboxylic acids is 1. The van der Waals surface area contributed by atoms with Crippen LogP contribution in [-0.2, 0) is 4.79 Å². The van der Waals surface area contributed by atoms with Crippen LogP contribution in [0.25, 0.3) is 0 Å². The molecule has 78 valence electrons. The van der Waals surface area contributed by atoms with Crippen LogP contribution >= 0.6 is 0 Å². The summed E-state index contributed by atoms with van der Waals surface area (Å²) in [6.45, 7) is 0.176. The van der Waals surface area contributed by atoms with E-state index in [9.17, 15) is 13.6 Å². The number of hydrogen-bond acceptors (Lipinski definition) is 3. The number of carbonyl (C=O) groups is 1. The van der Waals surface area contributed by atoms with E-state index in [2.05, 4.69) is 5.32 Å². The molecule has 0 atom stereocenters. The molecular formula is C7H14F2N2O2.